The molecule has 0 bridgehead atoms. The number of pyridine rings is 1. The van der Waals surface area contributed by atoms with Gasteiger partial charge in [-0.15, -0.1) is 0 Å². The van der Waals surface area contributed by atoms with Gasteiger partial charge in [0.1, 0.15) is 17.6 Å². The van der Waals surface area contributed by atoms with E-state index in [1.807, 2.05) is 6.07 Å². The Hall–Kier alpha value is -2.58. The number of nitrogens with zero attached hydrogens (tertiary/aromatic N) is 2. The number of carbonyl (C=O) groups excluding carboxylic acids is 1. The van der Waals surface area contributed by atoms with Crippen molar-refractivity contribution < 1.29 is 9.90 Å². The van der Waals surface area contributed by atoms with E-state index < -0.39 is 5.91 Å². The molecule has 0 saturated carbocycles. The molecule has 94 valence electrons. The van der Waals surface area contributed by atoms with Crippen LogP contribution in [0, 0.1) is 11.3 Å². The molecule has 5 nitrogen and oxygen atoms in total. The lowest BCUT2D eigenvalue weighted by atomic mass is 10.2. The summed E-state index contributed by atoms with van der Waals surface area (Å²) in [7, 11) is 0. The highest BCUT2D eigenvalue weighted by molar-refractivity contribution is 6.30. The number of aromatic hydroxyl groups is 1. The van der Waals surface area contributed by atoms with Gasteiger partial charge in [-0.2, -0.15) is 5.26 Å². The van der Waals surface area contributed by atoms with Gasteiger partial charge in [0.25, 0.3) is 5.91 Å². The van der Waals surface area contributed by atoms with Crippen molar-refractivity contribution in [2.45, 2.75) is 0 Å². The Balaban J connectivity index is 2.18. The lowest BCUT2D eigenvalue weighted by Crippen LogP contribution is -2.13. The van der Waals surface area contributed by atoms with E-state index in [1.165, 1.54) is 36.5 Å². The number of hydrogen-bond donors (Lipinski definition) is 2. The Bertz CT molecular complexity index is 663. The minimum Gasteiger partial charge on any atom is -0.507 e. The number of benzene rings is 1. The highest BCUT2D eigenvalue weighted by Crippen LogP contribution is 2.22. The van der Waals surface area contributed by atoms with Crippen molar-refractivity contribution in [2.24, 2.45) is 0 Å². The van der Waals surface area contributed by atoms with Gasteiger partial charge in [-0.05, 0) is 30.3 Å². The van der Waals surface area contributed by atoms with Gasteiger partial charge in [-0.25, -0.2) is 4.98 Å². The number of rotatable bonds is 2. The van der Waals surface area contributed by atoms with Gasteiger partial charge in [0.05, 0.1) is 11.1 Å². The first-order valence-corrected chi connectivity index (χ1v) is 5.64. The Morgan fingerprint density at radius 1 is 1.37 bits per heavy atom. The van der Waals surface area contributed by atoms with Gasteiger partial charge in [-0.3, -0.25) is 4.79 Å². The van der Waals surface area contributed by atoms with E-state index in [2.05, 4.69) is 10.3 Å². The summed E-state index contributed by atoms with van der Waals surface area (Å²) in [6.45, 7) is 0. The molecule has 6 heteroatoms. The Labute approximate surface area is 114 Å². The molecule has 0 spiro atoms. The maximum Gasteiger partial charge on any atom is 0.260 e. The van der Waals surface area contributed by atoms with Crippen LogP contribution in [0.25, 0.3) is 0 Å². The van der Waals surface area contributed by atoms with Crippen LogP contribution in [-0.4, -0.2) is 16.0 Å². The van der Waals surface area contributed by atoms with Crippen molar-refractivity contribution in [1.82, 2.24) is 4.98 Å². The number of phenols is 1. The van der Waals surface area contributed by atoms with E-state index in [-0.39, 0.29) is 11.3 Å². The molecule has 0 aliphatic rings. The first-order valence-electron chi connectivity index (χ1n) is 5.26. The topological polar surface area (TPSA) is 86.0 Å². The van der Waals surface area contributed by atoms with Gasteiger partial charge in [-0.1, -0.05) is 11.6 Å². The van der Waals surface area contributed by atoms with Crippen molar-refractivity contribution in [2.75, 3.05) is 5.32 Å². The quantitative estimate of drug-likeness (QED) is 0.880. The zero-order chi connectivity index (χ0) is 13.8. The fraction of sp³-hybridized carbons (Fsp3) is 0. The average molecular weight is 274 g/mol. The van der Waals surface area contributed by atoms with Gasteiger partial charge < -0.3 is 10.4 Å². The number of nitrogens with one attached hydrogen (secondary N) is 1. The number of halogens is 1. The van der Waals surface area contributed by atoms with Crippen LogP contribution in [-0.2, 0) is 0 Å². The Morgan fingerprint density at radius 2 is 2.16 bits per heavy atom. The maximum atomic E-state index is 11.9. The third-order valence-corrected chi connectivity index (χ3v) is 2.57. The number of anilines is 1. The molecule has 0 aliphatic heterocycles. The van der Waals surface area contributed by atoms with Crippen LogP contribution in [0.5, 0.6) is 5.75 Å². The zero-order valence-electron chi connectivity index (χ0n) is 9.59. The number of carbonyl (C=O) groups is 1. The van der Waals surface area contributed by atoms with Crippen molar-refractivity contribution >= 4 is 23.3 Å². The lowest BCUT2D eigenvalue weighted by molar-refractivity contribution is 0.102. The monoisotopic (exact) mass is 273 g/mol. The summed E-state index contributed by atoms with van der Waals surface area (Å²) < 4.78 is 0. The van der Waals surface area contributed by atoms with Gasteiger partial charge in [0.15, 0.2) is 0 Å². The second-order valence-corrected chi connectivity index (χ2v) is 4.10. The number of hydrogen-bond acceptors (Lipinski definition) is 4. The van der Waals surface area contributed by atoms with Gasteiger partial charge >= 0.3 is 0 Å². The molecule has 1 aromatic heterocycles. The molecule has 19 heavy (non-hydrogen) atoms. The highest BCUT2D eigenvalue weighted by atomic mass is 35.5. The molecule has 0 radical (unpaired) electrons. The summed E-state index contributed by atoms with van der Waals surface area (Å²) >= 11 is 5.68. The van der Waals surface area contributed by atoms with Crippen LogP contribution < -0.4 is 5.32 Å². The molecule has 0 fully saturated rings. The largest absolute Gasteiger partial charge is 0.507 e. The second-order valence-electron chi connectivity index (χ2n) is 3.66. The van der Waals surface area contributed by atoms with Crippen LogP contribution in [0.2, 0.25) is 5.02 Å². The number of aromatic nitrogens is 1. The van der Waals surface area contributed by atoms with Crippen LogP contribution >= 0.6 is 11.6 Å². The summed E-state index contributed by atoms with van der Waals surface area (Å²) in [4.78, 5) is 15.8. The van der Waals surface area contributed by atoms with Crippen LogP contribution in [0.1, 0.15) is 15.9 Å². The fourth-order valence-electron chi connectivity index (χ4n) is 1.41. The first-order chi connectivity index (χ1) is 9.10. The molecular formula is C13H8ClN3O2. The smallest absolute Gasteiger partial charge is 0.260 e. The highest BCUT2D eigenvalue weighted by Gasteiger charge is 2.12. The van der Waals surface area contributed by atoms with E-state index in [9.17, 15) is 9.90 Å². The molecule has 1 heterocycles. The minimum atomic E-state index is -0.508. The average Bonchev–Trinajstić information content (AvgIpc) is 2.39. The summed E-state index contributed by atoms with van der Waals surface area (Å²) in [5.41, 5.74) is 0.489. The Morgan fingerprint density at radius 3 is 2.74 bits per heavy atom. The van der Waals surface area contributed by atoms with E-state index in [4.69, 9.17) is 16.9 Å². The van der Waals surface area contributed by atoms with Crippen LogP contribution in [0.3, 0.4) is 0 Å². The molecule has 0 atom stereocenters. The molecular weight excluding hydrogens is 266 g/mol. The van der Waals surface area contributed by atoms with Gasteiger partial charge in [0.2, 0.25) is 0 Å². The SMILES string of the molecule is N#Cc1ccc(NC(=O)c2ccc(Cl)cc2O)nc1. The summed E-state index contributed by atoms with van der Waals surface area (Å²) in [6, 6.07) is 9.16. The predicted octanol–water partition coefficient (Wildman–Crippen LogP) is 2.56. The molecule has 2 rings (SSSR count). The Kier molecular flexibility index (Phi) is 3.64. The molecule has 2 aromatic rings. The molecule has 1 amide bonds. The number of amides is 1. The normalized spacial score (nSPS) is 9.68. The van der Waals surface area contributed by atoms with Crippen LogP contribution in [0.4, 0.5) is 5.82 Å². The summed E-state index contributed by atoms with van der Waals surface area (Å²) in [6.07, 6.45) is 1.34. The summed E-state index contributed by atoms with van der Waals surface area (Å²) in [5.74, 6) is -0.427. The molecule has 0 saturated heterocycles. The van der Waals surface area contributed by atoms with Gasteiger partial charge in [0, 0.05) is 11.2 Å². The standard InChI is InChI=1S/C13H8ClN3O2/c14-9-2-3-10(11(18)5-9)13(19)17-12-4-1-8(6-15)7-16-12/h1-5,7,18H,(H,16,17,19). The second kappa shape index (κ2) is 5.38. The van der Waals surface area contributed by atoms with Crippen molar-refractivity contribution in [3.05, 3.63) is 52.7 Å². The lowest BCUT2D eigenvalue weighted by Gasteiger charge is -2.06. The first kappa shape index (κ1) is 12.9. The fourth-order valence-corrected chi connectivity index (χ4v) is 1.58. The van der Waals surface area contributed by atoms with E-state index >= 15 is 0 Å². The summed E-state index contributed by atoms with van der Waals surface area (Å²) in [5, 5.41) is 21.1. The molecule has 1 aromatic carbocycles. The van der Waals surface area contributed by atoms with Crippen molar-refractivity contribution in [3.8, 4) is 11.8 Å². The van der Waals surface area contributed by atoms with Crippen molar-refractivity contribution in [1.29, 1.82) is 5.26 Å². The van der Waals surface area contributed by atoms with Crippen molar-refractivity contribution in [3.63, 3.8) is 0 Å². The number of nitriles is 1. The molecule has 0 aliphatic carbocycles. The molecule has 0 unspecified atom stereocenters. The third kappa shape index (κ3) is 3.00. The predicted molar refractivity (Wildman–Crippen MR) is 70.0 cm³/mol. The van der Waals surface area contributed by atoms with E-state index in [0.29, 0.717) is 16.4 Å². The van der Waals surface area contributed by atoms with E-state index in [1.54, 1.807) is 0 Å². The maximum absolute atomic E-state index is 11.9. The van der Waals surface area contributed by atoms with E-state index in [0.717, 1.165) is 0 Å². The number of phenolic OH excluding ortho intramolecular Hbond substituents is 1. The zero-order valence-corrected chi connectivity index (χ0v) is 10.3. The molecule has 2 N–H and O–H groups in total. The minimum absolute atomic E-state index is 0.0931. The third-order valence-electron chi connectivity index (χ3n) is 2.34. The van der Waals surface area contributed by atoms with Crippen LogP contribution in [0.15, 0.2) is 36.5 Å².